The van der Waals surface area contributed by atoms with Crippen molar-refractivity contribution in [2.24, 2.45) is 0 Å². The quantitative estimate of drug-likeness (QED) is 0.800. The first-order chi connectivity index (χ1) is 12.0. The van der Waals surface area contributed by atoms with E-state index in [0.717, 1.165) is 37.0 Å². The minimum Gasteiger partial charge on any atom is -0.389 e. The molecule has 1 saturated heterocycles. The predicted molar refractivity (Wildman–Crippen MR) is 94.1 cm³/mol. The molecule has 1 amide bonds. The average molecular weight is 345 g/mol. The van der Waals surface area contributed by atoms with Gasteiger partial charge in [0.25, 0.3) is 5.91 Å². The fraction of sp³-hybridized carbons (Fsp3) is 0.526. The number of aryl methyl sites for hydroxylation is 1. The summed E-state index contributed by atoms with van der Waals surface area (Å²) < 4.78 is 13.4. The third kappa shape index (κ3) is 2.93. The molecular formula is C19H24FN3O2. The minimum absolute atomic E-state index is 0.144. The van der Waals surface area contributed by atoms with E-state index < -0.39 is 6.10 Å². The number of hydrogen-bond acceptors (Lipinski definition) is 3. The summed E-state index contributed by atoms with van der Waals surface area (Å²) in [4.78, 5) is 18.1. The lowest BCUT2D eigenvalue weighted by atomic mass is 10.1. The Hall–Kier alpha value is -1.92. The highest BCUT2D eigenvalue weighted by Gasteiger charge is 2.39. The van der Waals surface area contributed by atoms with E-state index >= 15 is 0 Å². The SMILES string of the molecule is Cc1c(C(=O)N[C@@H]2CC[C@@H](N3CCCC3)[C@@H]2O)[nH]c2ccc(F)cc12. The Bertz CT molecular complexity index is 797. The molecule has 0 bridgehead atoms. The van der Waals surface area contributed by atoms with Crippen LogP contribution >= 0.6 is 0 Å². The first kappa shape index (κ1) is 16.5. The second kappa shape index (κ2) is 6.42. The number of halogens is 1. The highest BCUT2D eigenvalue weighted by Crippen LogP contribution is 2.28. The zero-order valence-corrected chi connectivity index (χ0v) is 14.4. The average Bonchev–Trinajstić information content (AvgIpc) is 3.29. The Morgan fingerprint density at radius 1 is 1.32 bits per heavy atom. The number of nitrogens with zero attached hydrogens (tertiary/aromatic N) is 1. The van der Waals surface area contributed by atoms with Crippen molar-refractivity contribution in [3.05, 3.63) is 35.3 Å². The maximum Gasteiger partial charge on any atom is 0.268 e. The van der Waals surface area contributed by atoms with E-state index in [1.54, 1.807) is 6.07 Å². The first-order valence-electron chi connectivity index (χ1n) is 9.05. The summed E-state index contributed by atoms with van der Waals surface area (Å²) in [6, 6.07) is 4.36. The van der Waals surface area contributed by atoms with E-state index in [1.165, 1.54) is 25.0 Å². The van der Waals surface area contributed by atoms with Crippen LogP contribution in [0.1, 0.15) is 41.7 Å². The van der Waals surface area contributed by atoms with E-state index in [9.17, 15) is 14.3 Å². The van der Waals surface area contributed by atoms with Crippen molar-refractivity contribution in [3.63, 3.8) is 0 Å². The van der Waals surface area contributed by atoms with Gasteiger partial charge in [0.15, 0.2) is 0 Å². The molecule has 0 radical (unpaired) electrons. The molecule has 1 aliphatic heterocycles. The lowest BCUT2D eigenvalue weighted by molar-refractivity contribution is 0.0618. The molecule has 1 saturated carbocycles. The number of carbonyl (C=O) groups excluding carboxylic acids is 1. The van der Waals surface area contributed by atoms with Gasteiger partial charge in [-0.2, -0.15) is 0 Å². The molecule has 6 heteroatoms. The number of benzene rings is 1. The largest absolute Gasteiger partial charge is 0.389 e. The number of likely N-dealkylation sites (tertiary alicyclic amines) is 1. The molecule has 1 aromatic carbocycles. The number of carbonyl (C=O) groups is 1. The number of H-pyrrole nitrogens is 1. The van der Waals surface area contributed by atoms with Crippen LogP contribution in [0.15, 0.2) is 18.2 Å². The molecule has 1 aromatic heterocycles. The van der Waals surface area contributed by atoms with Gasteiger partial charge in [-0.3, -0.25) is 9.69 Å². The number of fused-ring (bicyclic) bond motifs is 1. The van der Waals surface area contributed by atoms with Gasteiger partial charge in [0.05, 0.1) is 12.1 Å². The summed E-state index contributed by atoms with van der Waals surface area (Å²) in [5.41, 5.74) is 1.92. The van der Waals surface area contributed by atoms with Crippen LogP contribution in [0.2, 0.25) is 0 Å². The van der Waals surface area contributed by atoms with E-state index in [4.69, 9.17) is 0 Å². The van der Waals surface area contributed by atoms with Crippen molar-refractivity contribution in [2.45, 2.75) is 50.8 Å². The van der Waals surface area contributed by atoms with Crippen molar-refractivity contribution >= 4 is 16.8 Å². The third-order valence-corrected chi connectivity index (χ3v) is 5.75. The zero-order chi connectivity index (χ0) is 17.6. The van der Waals surface area contributed by atoms with Crippen molar-refractivity contribution in [2.75, 3.05) is 13.1 Å². The fourth-order valence-corrected chi connectivity index (χ4v) is 4.36. The summed E-state index contributed by atoms with van der Waals surface area (Å²) in [5.74, 6) is -0.554. The van der Waals surface area contributed by atoms with Crippen LogP contribution in [0.4, 0.5) is 4.39 Å². The second-order valence-corrected chi connectivity index (χ2v) is 7.27. The smallest absolute Gasteiger partial charge is 0.268 e. The van der Waals surface area contributed by atoms with Gasteiger partial charge in [0.2, 0.25) is 0 Å². The Morgan fingerprint density at radius 3 is 2.84 bits per heavy atom. The Kier molecular flexibility index (Phi) is 4.25. The molecule has 2 aromatic rings. The molecule has 2 heterocycles. The molecule has 25 heavy (non-hydrogen) atoms. The van der Waals surface area contributed by atoms with Gasteiger partial charge < -0.3 is 15.4 Å². The third-order valence-electron chi connectivity index (χ3n) is 5.75. The number of aromatic amines is 1. The van der Waals surface area contributed by atoms with Gasteiger partial charge in [-0.15, -0.1) is 0 Å². The minimum atomic E-state index is -0.538. The first-order valence-corrected chi connectivity index (χ1v) is 9.05. The van der Waals surface area contributed by atoms with Crippen LogP contribution < -0.4 is 5.32 Å². The van der Waals surface area contributed by atoms with E-state index in [-0.39, 0.29) is 23.8 Å². The highest BCUT2D eigenvalue weighted by molar-refractivity contribution is 6.01. The molecular weight excluding hydrogens is 321 g/mol. The van der Waals surface area contributed by atoms with Crippen LogP contribution in [0.25, 0.3) is 10.9 Å². The molecule has 2 fully saturated rings. The lowest BCUT2D eigenvalue weighted by Gasteiger charge is -2.28. The molecule has 4 rings (SSSR count). The van der Waals surface area contributed by atoms with Crippen LogP contribution in [-0.4, -0.2) is 52.2 Å². The molecule has 2 aliphatic rings. The number of rotatable bonds is 3. The number of hydrogen-bond donors (Lipinski definition) is 3. The molecule has 1 aliphatic carbocycles. The van der Waals surface area contributed by atoms with Crippen molar-refractivity contribution < 1.29 is 14.3 Å². The standard InChI is InChI=1S/C19H24FN3O2/c1-11-13-10-12(20)4-5-14(13)21-17(11)19(25)22-15-6-7-16(18(15)24)23-8-2-3-9-23/h4-5,10,15-16,18,21,24H,2-3,6-9H2,1H3,(H,22,25)/t15-,16-,18-/m1/s1. The maximum atomic E-state index is 13.4. The van der Waals surface area contributed by atoms with Crippen molar-refractivity contribution in [3.8, 4) is 0 Å². The summed E-state index contributed by atoms with van der Waals surface area (Å²) in [6.07, 6.45) is 3.52. The number of aromatic nitrogens is 1. The predicted octanol–water partition coefficient (Wildman–Crippen LogP) is 2.33. The Balaban J connectivity index is 1.50. The van der Waals surface area contributed by atoms with Crippen LogP contribution in [-0.2, 0) is 0 Å². The van der Waals surface area contributed by atoms with E-state index in [1.807, 2.05) is 6.92 Å². The van der Waals surface area contributed by atoms with E-state index in [2.05, 4.69) is 15.2 Å². The molecule has 0 unspecified atom stereocenters. The molecule has 3 atom stereocenters. The molecule has 5 nitrogen and oxygen atoms in total. The van der Waals surface area contributed by atoms with Crippen LogP contribution in [0.5, 0.6) is 0 Å². The Labute approximate surface area is 146 Å². The summed E-state index contributed by atoms with van der Waals surface area (Å²) in [7, 11) is 0. The fourth-order valence-electron chi connectivity index (χ4n) is 4.36. The summed E-state index contributed by atoms with van der Waals surface area (Å²) >= 11 is 0. The topological polar surface area (TPSA) is 68.4 Å². The second-order valence-electron chi connectivity index (χ2n) is 7.27. The van der Waals surface area contributed by atoms with Gasteiger partial charge in [0, 0.05) is 16.9 Å². The molecule has 3 N–H and O–H groups in total. The molecule has 134 valence electrons. The van der Waals surface area contributed by atoms with Gasteiger partial charge in [0.1, 0.15) is 11.5 Å². The monoisotopic (exact) mass is 345 g/mol. The number of nitrogens with one attached hydrogen (secondary N) is 2. The van der Waals surface area contributed by atoms with Crippen LogP contribution in [0.3, 0.4) is 0 Å². The molecule has 0 spiro atoms. The van der Waals surface area contributed by atoms with Crippen molar-refractivity contribution in [1.29, 1.82) is 0 Å². The number of aliphatic hydroxyl groups is 1. The van der Waals surface area contributed by atoms with E-state index in [0.29, 0.717) is 11.1 Å². The highest BCUT2D eigenvalue weighted by atomic mass is 19.1. The maximum absolute atomic E-state index is 13.4. The summed E-state index contributed by atoms with van der Waals surface area (Å²) in [5, 5.41) is 14.3. The lowest BCUT2D eigenvalue weighted by Crippen LogP contribution is -2.47. The normalized spacial score (nSPS) is 27.2. The van der Waals surface area contributed by atoms with Gasteiger partial charge >= 0.3 is 0 Å². The Morgan fingerprint density at radius 2 is 2.08 bits per heavy atom. The van der Waals surface area contributed by atoms with Gasteiger partial charge in [-0.1, -0.05) is 0 Å². The summed E-state index contributed by atoms with van der Waals surface area (Å²) in [6.45, 7) is 3.88. The van der Waals surface area contributed by atoms with Gasteiger partial charge in [-0.05, 0) is 69.5 Å². The van der Waals surface area contributed by atoms with Crippen molar-refractivity contribution in [1.82, 2.24) is 15.2 Å². The van der Waals surface area contributed by atoms with Gasteiger partial charge in [-0.25, -0.2) is 4.39 Å². The number of aliphatic hydroxyl groups excluding tert-OH is 1. The van der Waals surface area contributed by atoms with Crippen LogP contribution in [0, 0.1) is 12.7 Å². The number of amides is 1. The zero-order valence-electron chi connectivity index (χ0n) is 14.4.